The van der Waals surface area contributed by atoms with Crippen molar-refractivity contribution in [1.29, 1.82) is 0 Å². The number of hydroxylamine groups is 2. The van der Waals surface area contributed by atoms with Gasteiger partial charge in [0.1, 0.15) is 5.75 Å². The van der Waals surface area contributed by atoms with Crippen LogP contribution in [-0.4, -0.2) is 58.1 Å². The lowest BCUT2D eigenvalue weighted by atomic mass is 10.1. The highest BCUT2D eigenvalue weighted by Crippen LogP contribution is 2.27. The molecular formula is C15H24N2O5S. The standard InChI is InChI=1S/C15H24N2O5S/c1-11-9-14(21-6)10-12(2)15(11)23(19,20)16(4)7-8-22-17(5)13(3)18/h9-10H,7-8H2,1-6H3. The Kier molecular flexibility index (Phi) is 6.55. The van der Waals surface area contributed by atoms with Crippen LogP contribution in [0.2, 0.25) is 0 Å². The number of carbonyl (C=O) groups is 1. The molecule has 1 aromatic carbocycles. The van der Waals surface area contributed by atoms with Crippen molar-refractivity contribution in [2.75, 3.05) is 34.4 Å². The number of carbonyl (C=O) groups excluding carboxylic acids is 1. The van der Waals surface area contributed by atoms with E-state index in [0.29, 0.717) is 16.9 Å². The second kappa shape index (κ2) is 7.76. The molecule has 7 nitrogen and oxygen atoms in total. The molecule has 0 aliphatic carbocycles. The minimum absolute atomic E-state index is 0.0834. The first-order chi connectivity index (χ1) is 10.6. The van der Waals surface area contributed by atoms with Gasteiger partial charge in [-0.15, -0.1) is 0 Å². The third-order valence-electron chi connectivity index (χ3n) is 3.47. The molecule has 0 saturated heterocycles. The van der Waals surface area contributed by atoms with Crippen molar-refractivity contribution < 1.29 is 22.8 Å². The smallest absolute Gasteiger partial charge is 0.243 e. The fourth-order valence-electron chi connectivity index (χ4n) is 2.11. The topological polar surface area (TPSA) is 76.2 Å². The van der Waals surface area contributed by atoms with Crippen LogP contribution < -0.4 is 4.74 Å². The van der Waals surface area contributed by atoms with Gasteiger partial charge < -0.3 is 4.74 Å². The van der Waals surface area contributed by atoms with E-state index in [-0.39, 0.29) is 24.0 Å². The molecule has 0 aromatic heterocycles. The zero-order chi connectivity index (χ0) is 17.8. The number of hydrogen-bond acceptors (Lipinski definition) is 5. The molecule has 130 valence electrons. The van der Waals surface area contributed by atoms with Crippen molar-refractivity contribution in [2.45, 2.75) is 25.7 Å². The van der Waals surface area contributed by atoms with Gasteiger partial charge in [0.2, 0.25) is 15.9 Å². The van der Waals surface area contributed by atoms with E-state index in [1.54, 1.807) is 26.0 Å². The summed E-state index contributed by atoms with van der Waals surface area (Å²) in [7, 11) is 0.852. The summed E-state index contributed by atoms with van der Waals surface area (Å²) in [6, 6.07) is 3.38. The first-order valence-corrected chi connectivity index (χ1v) is 8.54. The Balaban J connectivity index is 2.92. The molecule has 0 N–H and O–H groups in total. The van der Waals surface area contributed by atoms with Gasteiger partial charge >= 0.3 is 0 Å². The van der Waals surface area contributed by atoms with E-state index in [9.17, 15) is 13.2 Å². The van der Waals surface area contributed by atoms with Crippen LogP contribution in [0.5, 0.6) is 5.75 Å². The zero-order valence-corrected chi connectivity index (χ0v) is 15.2. The van der Waals surface area contributed by atoms with Crippen LogP contribution in [0.4, 0.5) is 0 Å². The molecule has 0 heterocycles. The predicted molar refractivity (Wildman–Crippen MR) is 86.7 cm³/mol. The van der Waals surface area contributed by atoms with E-state index >= 15 is 0 Å². The van der Waals surface area contributed by atoms with E-state index in [0.717, 1.165) is 5.06 Å². The zero-order valence-electron chi connectivity index (χ0n) is 14.4. The summed E-state index contributed by atoms with van der Waals surface area (Å²) in [5, 5.41) is 1.07. The van der Waals surface area contributed by atoms with Gasteiger partial charge in [-0.25, -0.2) is 13.5 Å². The fourth-order valence-corrected chi connectivity index (χ4v) is 3.67. The Morgan fingerprint density at radius 2 is 1.70 bits per heavy atom. The quantitative estimate of drug-likeness (QED) is 0.698. The van der Waals surface area contributed by atoms with Crippen LogP contribution in [0.15, 0.2) is 17.0 Å². The van der Waals surface area contributed by atoms with Gasteiger partial charge in [-0.1, -0.05) is 0 Å². The summed E-state index contributed by atoms with van der Waals surface area (Å²) in [6.45, 7) is 5.04. The van der Waals surface area contributed by atoms with Crippen molar-refractivity contribution in [3.8, 4) is 5.75 Å². The Morgan fingerprint density at radius 3 is 2.13 bits per heavy atom. The maximum absolute atomic E-state index is 12.7. The largest absolute Gasteiger partial charge is 0.497 e. The number of aryl methyl sites for hydroxylation is 2. The minimum atomic E-state index is -3.65. The number of ether oxygens (including phenoxy) is 1. The third-order valence-corrected chi connectivity index (χ3v) is 5.64. The number of methoxy groups -OCH3 is 1. The maximum atomic E-state index is 12.7. The van der Waals surface area contributed by atoms with E-state index in [1.165, 1.54) is 32.4 Å². The molecule has 23 heavy (non-hydrogen) atoms. The predicted octanol–water partition coefficient (Wildman–Crippen LogP) is 1.34. The fraction of sp³-hybridized carbons (Fsp3) is 0.533. The highest BCUT2D eigenvalue weighted by Gasteiger charge is 2.25. The first kappa shape index (κ1) is 19.4. The van der Waals surface area contributed by atoms with Gasteiger partial charge in [-0.2, -0.15) is 4.31 Å². The van der Waals surface area contributed by atoms with Crippen molar-refractivity contribution >= 4 is 15.9 Å². The Labute approximate surface area is 137 Å². The molecule has 0 atom stereocenters. The summed E-state index contributed by atoms with van der Waals surface area (Å²) in [4.78, 5) is 16.5. The van der Waals surface area contributed by atoms with Crippen LogP contribution >= 0.6 is 0 Å². The number of benzene rings is 1. The highest BCUT2D eigenvalue weighted by atomic mass is 32.2. The number of hydrogen-bond donors (Lipinski definition) is 0. The SMILES string of the molecule is COc1cc(C)c(S(=O)(=O)N(C)CCON(C)C(C)=O)c(C)c1. The van der Waals surface area contributed by atoms with Crippen LogP contribution in [0.25, 0.3) is 0 Å². The van der Waals surface area contributed by atoms with E-state index < -0.39 is 10.0 Å². The second-order valence-electron chi connectivity index (χ2n) is 5.27. The van der Waals surface area contributed by atoms with Crippen molar-refractivity contribution in [1.82, 2.24) is 9.37 Å². The van der Waals surface area contributed by atoms with Gasteiger partial charge in [-0.3, -0.25) is 9.63 Å². The lowest BCUT2D eigenvalue weighted by molar-refractivity contribution is -0.175. The molecule has 0 radical (unpaired) electrons. The molecular weight excluding hydrogens is 320 g/mol. The lowest BCUT2D eigenvalue weighted by Crippen LogP contribution is -2.34. The van der Waals surface area contributed by atoms with Crippen molar-refractivity contribution in [2.24, 2.45) is 0 Å². The Bertz CT molecular complexity index is 649. The minimum Gasteiger partial charge on any atom is -0.497 e. The van der Waals surface area contributed by atoms with Gasteiger partial charge in [-0.05, 0) is 37.1 Å². The number of rotatable bonds is 7. The van der Waals surface area contributed by atoms with Gasteiger partial charge in [0, 0.05) is 27.6 Å². The molecule has 0 aliphatic rings. The monoisotopic (exact) mass is 344 g/mol. The van der Waals surface area contributed by atoms with E-state index in [1.807, 2.05) is 0 Å². The number of likely N-dealkylation sites (N-methyl/N-ethyl adjacent to an activating group) is 1. The summed E-state index contributed by atoms with van der Waals surface area (Å²) >= 11 is 0. The number of sulfonamides is 1. The molecule has 8 heteroatoms. The van der Waals surface area contributed by atoms with Crippen LogP contribution in [0.1, 0.15) is 18.1 Å². The Hall–Kier alpha value is -1.64. The van der Waals surface area contributed by atoms with Gasteiger partial charge in [0.15, 0.2) is 0 Å². The number of nitrogens with zero attached hydrogens (tertiary/aromatic N) is 2. The molecule has 0 bridgehead atoms. The van der Waals surface area contributed by atoms with Crippen molar-refractivity contribution in [3.63, 3.8) is 0 Å². The lowest BCUT2D eigenvalue weighted by Gasteiger charge is -2.22. The van der Waals surface area contributed by atoms with Crippen molar-refractivity contribution in [3.05, 3.63) is 23.3 Å². The summed E-state index contributed by atoms with van der Waals surface area (Å²) in [5.41, 5.74) is 1.24. The first-order valence-electron chi connectivity index (χ1n) is 7.10. The summed E-state index contributed by atoms with van der Waals surface area (Å²) < 4.78 is 31.8. The molecule has 1 amide bonds. The molecule has 0 aliphatic heterocycles. The van der Waals surface area contributed by atoms with Crippen LogP contribution in [0.3, 0.4) is 0 Å². The Morgan fingerprint density at radius 1 is 1.17 bits per heavy atom. The average molecular weight is 344 g/mol. The maximum Gasteiger partial charge on any atom is 0.243 e. The van der Waals surface area contributed by atoms with E-state index in [4.69, 9.17) is 9.57 Å². The van der Waals surface area contributed by atoms with Crippen LogP contribution in [-0.2, 0) is 19.7 Å². The molecule has 0 fully saturated rings. The third kappa shape index (κ3) is 4.66. The molecule has 0 saturated carbocycles. The van der Waals surface area contributed by atoms with Crippen LogP contribution in [0, 0.1) is 13.8 Å². The number of amides is 1. The highest BCUT2D eigenvalue weighted by molar-refractivity contribution is 7.89. The molecule has 0 unspecified atom stereocenters. The molecule has 0 spiro atoms. The van der Waals surface area contributed by atoms with Gasteiger partial charge in [0.05, 0.1) is 18.6 Å². The average Bonchev–Trinajstić information content (AvgIpc) is 2.45. The summed E-state index contributed by atoms with van der Waals surface area (Å²) in [5.74, 6) is 0.366. The molecule has 1 aromatic rings. The van der Waals surface area contributed by atoms with E-state index in [2.05, 4.69) is 0 Å². The molecule has 1 rings (SSSR count). The van der Waals surface area contributed by atoms with Gasteiger partial charge in [0.25, 0.3) is 0 Å². The normalized spacial score (nSPS) is 11.6. The summed E-state index contributed by atoms with van der Waals surface area (Å²) in [6.07, 6.45) is 0. The second-order valence-corrected chi connectivity index (χ2v) is 7.25.